The zero-order valence-corrected chi connectivity index (χ0v) is 12.2. The van der Waals surface area contributed by atoms with E-state index in [2.05, 4.69) is 10.4 Å². The molecule has 1 heterocycles. The van der Waals surface area contributed by atoms with Gasteiger partial charge in [-0.25, -0.2) is 4.79 Å². The van der Waals surface area contributed by atoms with E-state index in [0.717, 1.165) is 5.69 Å². The maximum absolute atomic E-state index is 12.4. The van der Waals surface area contributed by atoms with Crippen LogP contribution in [0.1, 0.15) is 39.0 Å². The molecule has 1 aromatic heterocycles. The number of aryl methyl sites for hydroxylation is 2. The van der Waals surface area contributed by atoms with Gasteiger partial charge in [-0.1, -0.05) is 6.07 Å². The number of amides is 1. The van der Waals surface area contributed by atoms with Crippen LogP contribution in [-0.4, -0.2) is 26.8 Å². The molecule has 6 nitrogen and oxygen atoms in total. The van der Waals surface area contributed by atoms with Crippen LogP contribution in [0.25, 0.3) is 0 Å². The Morgan fingerprint density at radius 2 is 2.05 bits per heavy atom. The molecule has 110 valence electrons. The van der Waals surface area contributed by atoms with Crippen LogP contribution in [0, 0.1) is 13.8 Å². The van der Waals surface area contributed by atoms with E-state index in [1.807, 2.05) is 13.8 Å². The summed E-state index contributed by atoms with van der Waals surface area (Å²) in [5.41, 5.74) is 2.55. The minimum absolute atomic E-state index is 0.130. The Hall–Kier alpha value is -2.63. The van der Waals surface area contributed by atoms with Gasteiger partial charge in [0, 0.05) is 17.9 Å². The fraction of sp³-hybridized carbons (Fsp3) is 0.267. The number of nitrogens with zero attached hydrogens (tertiary/aromatic N) is 2. The molecular formula is C15H17N3O3. The molecule has 0 aliphatic carbocycles. The van der Waals surface area contributed by atoms with Crippen molar-refractivity contribution in [3.05, 3.63) is 46.8 Å². The second kappa shape index (κ2) is 5.78. The van der Waals surface area contributed by atoms with Crippen LogP contribution >= 0.6 is 0 Å². The summed E-state index contributed by atoms with van der Waals surface area (Å²) in [6, 6.07) is 6.15. The van der Waals surface area contributed by atoms with Gasteiger partial charge in [0.05, 0.1) is 16.8 Å². The van der Waals surface area contributed by atoms with Crippen molar-refractivity contribution in [3.8, 4) is 0 Å². The largest absolute Gasteiger partial charge is 0.478 e. The Bertz CT molecular complexity index is 704. The fourth-order valence-electron chi connectivity index (χ4n) is 2.26. The number of rotatable bonds is 4. The first-order valence-corrected chi connectivity index (χ1v) is 6.62. The molecule has 0 radical (unpaired) electrons. The summed E-state index contributed by atoms with van der Waals surface area (Å²) >= 11 is 0. The highest BCUT2D eigenvalue weighted by molar-refractivity contribution is 6.06. The van der Waals surface area contributed by atoms with Crippen molar-refractivity contribution in [2.24, 2.45) is 0 Å². The number of aromatic carboxylic acids is 1. The minimum atomic E-state index is -1.03. The van der Waals surface area contributed by atoms with E-state index in [9.17, 15) is 9.59 Å². The Balaban J connectivity index is 2.28. The lowest BCUT2D eigenvalue weighted by atomic mass is 10.1. The molecule has 2 aromatic rings. The van der Waals surface area contributed by atoms with Crippen LogP contribution in [0.3, 0.4) is 0 Å². The molecule has 6 heteroatoms. The van der Waals surface area contributed by atoms with Crippen molar-refractivity contribution < 1.29 is 14.7 Å². The first kappa shape index (κ1) is 14.8. The van der Waals surface area contributed by atoms with Gasteiger partial charge in [-0.3, -0.25) is 9.48 Å². The number of carboxylic acid groups (broad SMARTS) is 1. The number of nitrogens with one attached hydrogen (secondary N) is 1. The van der Waals surface area contributed by atoms with Crippen LogP contribution in [0.2, 0.25) is 0 Å². The average Bonchev–Trinajstić information content (AvgIpc) is 2.73. The summed E-state index contributed by atoms with van der Waals surface area (Å²) in [5.74, 6) is -1.32. The van der Waals surface area contributed by atoms with Crippen molar-refractivity contribution in [2.45, 2.75) is 27.3 Å². The topological polar surface area (TPSA) is 84.2 Å². The third-order valence-electron chi connectivity index (χ3n) is 3.28. The van der Waals surface area contributed by atoms with Gasteiger partial charge in [0.25, 0.3) is 5.91 Å². The predicted octanol–water partition coefficient (Wildman–Crippen LogP) is 2.47. The molecule has 0 unspecified atom stereocenters. The summed E-state index contributed by atoms with van der Waals surface area (Å²) in [4.78, 5) is 23.3. The Labute approximate surface area is 122 Å². The van der Waals surface area contributed by atoms with E-state index in [1.54, 1.807) is 23.7 Å². The van der Waals surface area contributed by atoms with Crippen molar-refractivity contribution in [2.75, 3.05) is 5.32 Å². The quantitative estimate of drug-likeness (QED) is 0.904. The zero-order chi connectivity index (χ0) is 15.6. The molecule has 0 aliphatic heterocycles. The highest BCUT2D eigenvalue weighted by Crippen LogP contribution is 2.17. The number of carbonyl (C=O) groups is 2. The fourth-order valence-corrected chi connectivity index (χ4v) is 2.26. The highest BCUT2D eigenvalue weighted by atomic mass is 16.4. The monoisotopic (exact) mass is 287 g/mol. The Morgan fingerprint density at radius 3 is 2.62 bits per heavy atom. The van der Waals surface area contributed by atoms with Crippen LogP contribution in [0.15, 0.2) is 24.3 Å². The van der Waals surface area contributed by atoms with Crippen molar-refractivity contribution >= 4 is 17.6 Å². The van der Waals surface area contributed by atoms with Crippen LogP contribution in [0.4, 0.5) is 5.69 Å². The van der Waals surface area contributed by atoms with Crippen molar-refractivity contribution in [3.63, 3.8) is 0 Å². The lowest BCUT2D eigenvalue weighted by Crippen LogP contribution is -2.14. The molecule has 0 aliphatic rings. The van der Waals surface area contributed by atoms with Crippen LogP contribution in [0.5, 0.6) is 0 Å². The lowest BCUT2D eigenvalue weighted by molar-refractivity contribution is 0.0696. The molecule has 2 N–H and O–H groups in total. The third-order valence-corrected chi connectivity index (χ3v) is 3.28. The van der Waals surface area contributed by atoms with Gasteiger partial charge in [0.2, 0.25) is 0 Å². The Morgan fingerprint density at radius 1 is 1.33 bits per heavy atom. The zero-order valence-electron chi connectivity index (χ0n) is 12.2. The second-order valence-corrected chi connectivity index (χ2v) is 4.70. The number of carbonyl (C=O) groups excluding carboxylic acids is 1. The van der Waals surface area contributed by atoms with E-state index < -0.39 is 5.97 Å². The van der Waals surface area contributed by atoms with Gasteiger partial charge in [-0.15, -0.1) is 0 Å². The van der Waals surface area contributed by atoms with Gasteiger partial charge in [-0.05, 0) is 39.0 Å². The SMILES string of the molecule is CCn1nc(C)c(C(=O)Nc2cccc(C(=O)O)c2)c1C. The van der Waals surface area contributed by atoms with E-state index >= 15 is 0 Å². The summed E-state index contributed by atoms with van der Waals surface area (Å²) in [7, 11) is 0. The summed E-state index contributed by atoms with van der Waals surface area (Å²) < 4.78 is 1.76. The molecule has 0 saturated heterocycles. The maximum atomic E-state index is 12.4. The lowest BCUT2D eigenvalue weighted by Gasteiger charge is -2.06. The molecule has 0 atom stereocenters. The molecule has 1 aromatic carbocycles. The standard InChI is InChI=1S/C15H17N3O3/c1-4-18-10(3)13(9(2)17-18)14(19)16-12-7-5-6-11(8-12)15(20)21/h5-8H,4H2,1-3H3,(H,16,19)(H,20,21). The van der Waals surface area contributed by atoms with Crippen LogP contribution in [-0.2, 0) is 6.54 Å². The molecule has 2 rings (SSSR count). The summed E-state index contributed by atoms with van der Waals surface area (Å²) in [6.07, 6.45) is 0. The number of aromatic nitrogens is 2. The third kappa shape index (κ3) is 2.94. The molecule has 21 heavy (non-hydrogen) atoms. The molecule has 1 amide bonds. The normalized spacial score (nSPS) is 10.4. The number of carboxylic acids is 1. The van der Waals surface area contributed by atoms with E-state index in [4.69, 9.17) is 5.11 Å². The van der Waals surface area contributed by atoms with Gasteiger partial charge in [0.15, 0.2) is 0 Å². The van der Waals surface area contributed by atoms with Gasteiger partial charge >= 0.3 is 5.97 Å². The van der Waals surface area contributed by atoms with E-state index in [0.29, 0.717) is 23.5 Å². The molecule has 0 bridgehead atoms. The second-order valence-electron chi connectivity index (χ2n) is 4.70. The maximum Gasteiger partial charge on any atom is 0.335 e. The molecule has 0 fully saturated rings. The average molecular weight is 287 g/mol. The number of benzene rings is 1. The van der Waals surface area contributed by atoms with Crippen molar-refractivity contribution in [1.29, 1.82) is 0 Å². The van der Waals surface area contributed by atoms with Gasteiger partial charge in [0.1, 0.15) is 0 Å². The highest BCUT2D eigenvalue weighted by Gasteiger charge is 2.18. The number of hydrogen-bond donors (Lipinski definition) is 2. The molecule has 0 saturated carbocycles. The molecular weight excluding hydrogens is 270 g/mol. The minimum Gasteiger partial charge on any atom is -0.478 e. The predicted molar refractivity (Wildman–Crippen MR) is 78.7 cm³/mol. The van der Waals surface area contributed by atoms with Gasteiger partial charge in [-0.2, -0.15) is 5.10 Å². The van der Waals surface area contributed by atoms with E-state index in [1.165, 1.54) is 12.1 Å². The first-order valence-electron chi connectivity index (χ1n) is 6.62. The van der Waals surface area contributed by atoms with E-state index in [-0.39, 0.29) is 11.5 Å². The smallest absolute Gasteiger partial charge is 0.335 e. The number of anilines is 1. The Kier molecular flexibility index (Phi) is 4.07. The first-order chi connectivity index (χ1) is 9.93. The van der Waals surface area contributed by atoms with Crippen molar-refractivity contribution in [1.82, 2.24) is 9.78 Å². The summed E-state index contributed by atoms with van der Waals surface area (Å²) in [5, 5.41) is 16.0. The summed E-state index contributed by atoms with van der Waals surface area (Å²) in [6.45, 7) is 6.26. The van der Waals surface area contributed by atoms with Gasteiger partial charge < -0.3 is 10.4 Å². The number of hydrogen-bond acceptors (Lipinski definition) is 3. The molecule has 0 spiro atoms. The van der Waals surface area contributed by atoms with Crippen LogP contribution < -0.4 is 5.32 Å².